The van der Waals surface area contributed by atoms with Crippen LogP contribution >= 0.6 is 0 Å². The van der Waals surface area contributed by atoms with E-state index in [2.05, 4.69) is 10.6 Å². The van der Waals surface area contributed by atoms with Crippen LogP contribution in [0.15, 0.2) is 72.8 Å². The minimum atomic E-state index is -0.672. The summed E-state index contributed by atoms with van der Waals surface area (Å²) in [5, 5.41) is 7.12. The van der Waals surface area contributed by atoms with Gasteiger partial charge in [-0.1, -0.05) is 66.7 Å². The van der Waals surface area contributed by atoms with Crippen molar-refractivity contribution >= 4 is 34.2 Å². The molecule has 0 atom stereocenters. The molecule has 6 heteroatoms. The lowest BCUT2D eigenvalue weighted by atomic mass is 10.1. The average molecular weight is 376 g/mol. The Bertz CT molecular complexity index is 981. The number of ether oxygens (including phenoxy) is 1. The maximum Gasteiger partial charge on any atom is 0.325 e. The molecule has 0 unspecified atom stereocenters. The van der Waals surface area contributed by atoms with Crippen LogP contribution in [0.1, 0.15) is 5.56 Å². The third-order valence-electron chi connectivity index (χ3n) is 4.07. The van der Waals surface area contributed by atoms with Gasteiger partial charge in [0.15, 0.2) is 6.61 Å². The molecule has 0 saturated heterocycles. The smallest absolute Gasteiger partial charge is 0.325 e. The van der Waals surface area contributed by atoms with E-state index in [4.69, 9.17) is 4.74 Å². The van der Waals surface area contributed by atoms with Crippen LogP contribution in [0.5, 0.6) is 0 Å². The van der Waals surface area contributed by atoms with Gasteiger partial charge in [0.25, 0.3) is 5.91 Å². The van der Waals surface area contributed by atoms with Gasteiger partial charge in [-0.15, -0.1) is 0 Å². The molecule has 0 spiro atoms. The maximum atomic E-state index is 12.1. The summed E-state index contributed by atoms with van der Waals surface area (Å²) in [6.07, 6.45) is 0.176. The first-order chi connectivity index (χ1) is 13.6. The number of nitrogens with one attached hydrogen (secondary N) is 2. The number of hydrogen-bond acceptors (Lipinski definition) is 4. The van der Waals surface area contributed by atoms with Gasteiger partial charge in [0.05, 0.1) is 6.42 Å². The molecule has 28 heavy (non-hydrogen) atoms. The van der Waals surface area contributed by atoms with Gasteiger partial charge in [-0.2, -0.15) is 0 Å². The molecule has 0 fully saturated rings. The Labute approximate surface area is 162 Å². The summed E-state index contributed by atoms with van der Waals surface area (Å²) in [5.41, 5.74) is 1.50. The molecule has 3 aromatic rings. The van der Waals surface area contributed by atoms with E-state index >= 15 is 0 Å². The molecule has 6 nitrogen and oxygen atoms in total. The third kappa shape index (κ3) is 5.41. The first kappa shape index (κ1) is 19.1. The Morgan fingerprint density at radius 3 is 2.32 bits per heavy atom. The first-order valence-corrected chi connectivity index (χ1v) is 8.85. The molecular formula is C22H20N2O4. The van der Waals surface area contributed by atoms with Crippen LogP contribution < -0.4 is 10.6 Å². The Morgan fingerprint density at radius 2 is 1.50 bits per heavy atom. The monoisotopic (exact) mass is 376 g/mol. The number of amides is 2. The van der Waals surface area contributed by atoms with Gasteiger partial charge in [-0.3, -0.25) is 14.4 Å². The van der Waals surface area contributed by atoms with Crippen LogP contribution in [0, 0.1) is 0 Å². The van der Waals surface area contributed by atoms with E-state index in [1.165, 1.54) is 0 Å². The van der Waals surface area contributed by atoms with Crippen molar-refractivity contribution in [3.05, 3.63) is 78.4 Å². The molecule has 2 N–H and O–H groups in total. The average Bonchev–Trinajstić information content (AvgIpc) is 2.72. The van der Waals surface area contributed by atoms with Crippen molar-refractivity contribution in [3.63, 3.8) is 0 Å². The second kappa shape index (κ2) is 9.32. The molecular weight excluding hydrogens is 356 g/mol. The van der Waals surface area contributed by atoms with Gasteiger partial charge >= 0.3 is 5.97 Å². The summed E-state index contributed by atoms with van der Waals surface area (Å²) in [5.74, 6) is -1.40. The number of hydrogen-bond donors (Lipinski definition) is 2. The molecule has 0 aliphatic carbocycles. The molecule has 0 aliphatic rings. The highest BCUT2D eigenvalue weighted by Gasteiger charge is 2.11. The maximum absolute atomic E-state index is 12.1. The van der Waals surface area contributed by atoms with Crippen molar-refractivity contribution in [1.29, 1.82) is 0 Å². The molecule has 0 heterocycles. The molecule has 142 valence electrons. The number of fused-ring (bicyclic) bond motifs is 1. The fourth-order valence-corrected chi connectivity index (χ4v) is 2.73. The second-order valence-electron chi connectivity index (χ2n) is 6.17. The Hall–Kier alpha value is -3.67. The Balaban J connectivity index is 1.43. The predicted octanol–water partition coefficient (Wildman–Crippen LogP) is 2.68. The van der Waals surface area contributed by atoms with E-state index in [-0.39, 0.29) is 18.9 Å². The third-order valence-corrected chi connectivity index (χ3v) is 4.07. The molecule has 2 amide bonds. The summed E-state index contributed by atoms with van der Waals surface area (Å²) in [6, 6.07) is 22.4. The second-order valence-corrected chi connectivity index (χ2v) is 6.17. The first-order valence-electron chi connectivity index (χ1n) is 8.85. The Morgan fingerprint density at radius 1 is 0.786 bits per heavy atom. The number of anilines is 1. The number of carbonyl (C=O) groups is 3. The molecule has 3 aromatic carbocycles. The standard InChI is InChI=1S/C22H20N2O4/c25-20(13-16-7-2-1-3-8-16)23-14-22(27)28-15-21(26)24-19-12-6-10-17-9-4-5-11-18(17)19/h1-12H,13-15H2,(H,23,25)(H,24,26). The van der Waals surface area contributed by atoms with Gasteiger partial charge in [-0.05, 0) is 17.0 Å². The molecule has 3 rings (SSSR count). The van der Waals surface area contributed by atoms with E-state index < -0.39 is 18.5 Å². The van der Waals surface area contributed by atoms with E-state index in [0.717, 1.165) is 16.3 Å². The molecule has 0 radical (unpaired) electrons. The molecule has 0 saturated carbocycles. The zero-order valence-corrected chi connectivity index (χ0v) is 15.2. The largest absolute Gasteiger partial charge is 0.454 e. The lowest BCUT2D eigenvalue weighted by molar-refractivity contribution is -0.147. The highest BCUT2D eigenvalue weighted by atomic mass is 16.5. The van der Waals surface area contributed by atoms with Crippen molar-refractivity contribution in [2.75, 3.05) is 18.5 Å². The SMILES string of the molecule is O=C(Cc1ccccc1)NCC(=O)OCC(=O)Nc1cccc2ccccc12. The topological polar surface area (TPSA) is 84.5 Å². The number of rotatable bonds is 7. The van der Waals surface area contributed by atoms with Crippen molar-refractivity contribution in [2.45, 2.75) is 6.42 Å². The number of benzene rings is 3. The highest BCUT2D eigenvalue weighted by molar-refractivity contribution is 6.02. The lowest BCUT2D eigenvalue weighted by Crippen LogP contribution is -2.33. The summed E-state index contributed by atoms with van der Waals surface area (Å²) >= 11 is 0. The van der Waals surface area contributed by atoms with Crippen molar-refractivity contribution in [3.8, 4) is 0 Å². The highest BCUT2D eigenvalue weighted by Crippen LogP contribution is 2.22. The van der Waals surface area contributed by atoms with Crippen molar-refractivity contribution < 1.29 is 19.1 Å². The summed E-state index contributed by atoms with van der Waals surface area (Å²) < 4.78 is 4.92. The number of esters is 1. The van der Waals surface area contributed by atoms with Crippen molar-refractivity contribution in [1.82, 2.24) is 5.32 Å². The lowest BCUT2D eigenvalue weighted by Gasteiger charge is -2.09. The summed E-state index contributed by atoms with van der Waals surface area (Å²) in [4.78, 5) is 35.6. The van der Waals surface area contributed by atoms with Crippen LogP contribution in [0.25, 0.3) is 10.8 Å². The minimum Gasteiger partial charge on any atom is -0.454 e. The van der Waals surface area contributed by atoms with Crippen LogP contribution in [0.4, 0.5) is 5.69 Å². The quantitative estimate of drug-likeness (QED) is 0.621. The van der Waals surface area contributed by atoms with Crippen LogP contribution in [0.2, 0.25) is 0 Å². The molecule has 0 aliphatic heterocycles. The fourth-order valence-electron chi connectivity index (χ4n) is 2.73. The van der Waals surface area contributed by atoms with Gasteiger partial charge in [-0.25, -0.2) is 0 Å². The van der Waals surface area contributed by atoms with Crippen LogP contribution in [-0.2, 0) is 25.5 Å². The van der Waals surface area contributed by atoms with Gasteiger partial charge in [0.2, 0.25) is 5.91 Å². The zero-order chi connectivity index (χ0) is 19.8. The fraction of sp³-hybridized carbons (Fsp3) is 0.136. The summed E-state index contributed by atoms with van der Waals surface area (Å²) in [6.45, 7) is -0.705. The van der Waals surface area contributed by atoms with Crippen molar-refractivity contribution in [2.24, 2.45) is 0 Å². The van der Waals surface area contributed by atoms with E-state index in [0.29, 0.717) is 5.69 Å². The molecule has 0 aromatic heterocycles. The predicted molar refractivity (Wildman–Crippen MR) is 107 cm³/mol. The normalized spacial score (nSPS) is 10.3. The van der Waals surface area contributed by atoms with Gasteiger partial charge < -0.3 is 15.4 Å². The molecule has 0 bridgehead atoms. The van der Waals surface area contributed by atoms with E-state index in [1.807, 2.05) is 66.7 Å². The van der Waals surface area contributed by atoms with E-state index in [9.17, 15) is 14.4 Å². The van der Waals surface area contributed by atoms with Crippen LogP contribution in [0.3, 0.4) is 0 Å². The summed E-state index contributed by atoms with van der Waals surface area (Å²) in [7, 11) is 0. The van der Waals surface area contributed by atoms with Gasteiger partial charge in [0, 0.05) is 11.1 Å². The Kier molecular flexibility index (Phi) is 6.36. The van der Waals surface area contributed by atoms with E-state index in [1.54, 1.807) is 6.07 Å². The van der Waals surface area contributed by atoms with Gasteiger partial charge in [0.1, 0.15) is 6.54 Å². The number of carbonyl (C=O) groups excluding carboxylic acids is 3. The van der Waals surface area contributed by atoms with Crippen LogP contribution in [-0.4, -0.2) is 30.9 Å². The minimum absolute atomic E-state index is 0.176. The zero-order valence-electron chi connectivity index (χ0n) is 15.2.